The summed E-state index contributed by atoms with van der Waals surface area (Å²) < 4.78 is 11.9. The molecule has 8 nitrogen and oxygen atoms in total. The maximum Gasteiger partial charge on any atom is 0.418 e. The van der Waals surface area contributed by atoms with Crippen LogP contribution < -0.4 is 5.32 Å². The van der Waals surface area contributed by atoms with Crippen molar-refractivity contribution >= 4 is 29.1 Å². The Bertz CT molecular complexity index is 917. The molecule has 0 aliphatic heterocycles. The highest BCUT2D eigenvalue weighted by atomic mass is 16.6. The van der Waals surface area contributed by atoms with Gasteiger partial charge in [0.15, 0.2) is 0 Å². The lowest BCUT2D eigenvalue weighted by atomic mass is 10.0. The van der Waals surface area contributed by atoms with Gasteiger partial charge < -0.3 is 19.9 Å². The van der Waals surface area contributed by atoms with E-state index in [-0.39, 0.29) is 6.42 Å². The van der Waals surface area contributed by atoms with Crippen LogP contribution in [0.3, 0.4) is 0 Å². The number of ether oxygens (including phenoxy) is 2. The van der Waals surface area contributed by atoms with Gasteiger partial charge in [0.05, 0.1) is 5.52 Å². The number of aromatic nitrogens is 1. The highest BCUT2D eigenvalue weighted by molar-refractivity contribution is 5.90. The number of rotatable bonds is 4. The molecule has 0 unspecified atom stereocenters. The minimum atomic E-state index is -1.18. The number of carboxylic acid groups (broad SMARTS) is 1. The summed E-state index contributed by atoms with van der Waals surface area (Å²) in [6, 6.07) is 5.86. The molecule has 1 amide bonds. The molecule has 158 valence electrons. The molecular formula is C21H28N2O6. The van der Waals surface area contributed by atoms with Crippen LogP contribution in [0.25, 0.3) is 10.9 Å². The van der Waals surface area contributed by atoms with Gasteiger partial charge in [0, 0.05) is 18.0 Å². The summed E-state index contributed by atoms with van der Waals surface area (Å²) in [5.74, 6) is -1.18. The lowest BCUT2D eigenvalue weighted by Crippen LogP contribution is -2.44. The van der Waals surface area contributed by atoms with Crippen molar-refractivity contribution in [2.75, 3.05) is 0 Å². The van der Waals surface area contributed by atoms with Gasteiger partial charge in [-0.25, -0.2) is 14.4 Å². The molecule has 0 saturated carbocycles. The molecule has 1 atom stereocenters. The molecule has 0 aliphatic carbocycles. The van der Waals surface area contributed by atoms with E-state index in [9.17, 15) is 19.5 Å². The number of nitrogens with zero attached hydrogens (tertiary/aromatic N) is 1. The maximum absolute atomic E-state index is 12.4. The van der Waals surface area contributed by atoms with Crippen molar-refractivity contribution in [2.24, 2.45) is 0 Å². The Morgan fingerprint density at radius 2 is 1.66 bits per heavy atom. The highest BCUT2D eigenvalue weighted by Gasteiger charge is 2.25. The van der Waals surface area contributed by atoms with E-state index in [1.807, 2.05) is 0 Å². The van der Waals surface area contributed by atoms with Crippen LogP contribution in [0, 0.1) is 0 Å². The third kappa shape index (κ3) is 6.51. The Morgan fingerprint density at radius 1 is 1.03 bits per heavy atom. The van der Waals surface area contributed by atoms with Crippen molar-refractivity contribution in [2.45, 2.75) is 65.2 Å². The first-order valence-electron chi connectivity index (χ1n) is 9.31. The summed E-state index contributed by atoms with van der Waals surface area (Å²) in [4.78, 5) is 36.0. The number of carbonyl (C=O) groups is 3. The monoisotopic (exact) mass is 404 g/mol. The molecule has 1 aromatic heterocycles. The molecule has 29 heavy (non-hydrogen) atoms. The third-order valence-electron chi connectivity index (χ3n) is 3.78. The predicted molar refractivity (Wildman–Crippen MR) is 108 cm³/mol. The van der Waals surface area contributed by atoms with E-state index >= 15 is 0 Å². The highest BCUT2D eigenvalue weighted by Crippen LogP contribution is 2.21. The average Bonchev–Trinajstić information content (AvgIpc) is 2.94. The number of carbonyl (C=O) groups excluding carboxylic acids is 2. The third-order valence-corrected chi connectivity index (χ3v) is 3.78. The van der Waals surface area contributed by atoms with Crippen LogP contribution in [0.2, 0.25) is 0 Å². The second kappa shape index (κ2) is 8.14. The first-order chi connectivity index (χ1) is 13.2. The first kappa shape index (κ1) is 22.3. The molecule has 0 spiro atoms. The van der Waals surface area contributed by atoms with Gasteiger partial charge in [-0.05, 0) is 59.2 Å². The second-order valence-electron chi connectivity index (χ2n) is 8.80. The fourth-order valence-electron chi connectivity index (χ4n) is 2.66. The molecule has 0 aliphatic rings. The standard InChI is InChI=1S/C21H28N2O6/c1-20(2,3)28-18(26)22-15(17(24)25)11-13-7-8-14-9-10-23(16(14)12-13)19(27)29-21(4,5)6/h7-10,12,15H,11H2,1-6H3,(H,22,26)(H,24,25)/t15-/m1/s1. The number of hydrogen-bond acceptors (Lipinski definition) is 5. The first-order valence-corrected chi connectivity index (χ1v) is 9.31. The molecule has 1 heterocycles. The minimum Gasteiger partial charge on any atom is -0.480 e. The van der Waals surface area contributed by atoms with Gasteiger partial charge in [-0.2, -0.15) is 0 Å². The lowest BCUT2D eigenvalue weighted by molar-refractivity contribution is -0.139. The zero-order valence-corrected chi connectivity index (χ0v) is 17.6. The van der Waals surface area contributed by atoms with Crippen LogP contribution >= 0.6 is 0 Å². The van der Waals surface area contributed by atoms with Crippen molar-refractivity contribution in [3.05, 3.63) is 36.0 Å². The van der Waals surface area contributed by atoms with Crippen molar-refractivity contribution in [3.63, 3.8) is 0 Å². The van der Waals surface area contributed by atoms with Crippen LogP contribution in [0.1, 0.15) is 47.1 Å². The molecule has 0 radical (unpaired) electrons. The van der Waals surface area contributed by atoms with Gasteiger partial charge in [0.1, 0.15) is 17.2 Å². The van der Waals surface area contributed by atoms with Gasteiger partial charge in [-0.3, -0.25) is 4.57 Å². The molecular weight excluding hydrogens is 376 g/mol. The fourth-order valence-corrected chi connectivity index (χ4v) is 2.66. The molecule has 1 aromatic carbocycles. The SMILES string of the molecule is CC(C)(C)OC(=O)N[C@H](Cc1ccc2ccn(C(=O)OC(C)(C)C)c2c1)C(=O)O. The molecule has 0 saturated heterocycles. The molecule has 0 bridgehead atoms. The van der Waals surface area contributed by atoms with E-state index in [0.29, 0.717) is 11.1 Å². The largest absolute Gasteiger partial charge is 0.480 e. The van der Waals surface area contributed by atoms with Crippen LogP contribution in [0.4, 0.5) is 9.59 Å². The van der Waals surface area contributed by atoms with Gasteiger partial charge >= 0.3 is 18.2 Å². The number of carboxylic acids is 1. The predicted octanol–water partition coefficient (Wildman–Crippen LogP) is 3.94. The van der Waals surface area contributed by atoms with E-state index in [1.165, 1.54) is 4.57 Å². The number of aliphatic carboxylic acids is 1. The number of alkyl carbamates (subject to hydrolysis) is 1. The number of amides is 1. The van der Waals surface area contributed by atoms with E-state index in [4.69, 9.17) is 9.47 Å². The molecule has 0 fully saturated rings. The zero-order valence-electron chi connectivity index (χ0n) is 17.6. The Hall–Kier alpha value is -3.03. The van der Waals surface area contributed by atoms with Crippen LogP contribution in [0.15, 0.2) is 30.5 Å². The minimum absolute atomic E-state index is 0.0318. The maximum atomic E-state index is 12.4. The van der Waals surface area contributed by atoms with Crippen LogP contribution in [-0.4, -0.2) is 45.1 Å². The Balaban J connectivity index is 2.23. The van der Waals surface area contributed by atoms with Crippen LogP contribution in [0.5, 0.6) is 0 Å². The number of benzene rings is 1. The van der Waals surface area contributed by atoms with E-state index < -0.39 is 35.4 Å². The van der Waals surface area contributed by atoms with Crippen molar-refractivity contribution in [3.8, 4) is 0 Å². The van der Waals surface area contributed by atoms with Gasteiger partial charge in [0.25, 0.3) is 0 Å². The quantitative estimate of drug-likeness (QED) is 0.799. The van der Waals surface area contributed by atoms with Gasteiger partial charge in [0.2, 0.25) is 0 Å². The molecule has 2 N–H and O–H groups in total. The normalized spacial score (nSPS) is 13.0. The summed E-state index contributed by atoms with van der Waals surface area (Å²) >= 11 is 0. The summed E-state index contributed by atoms with van der Waals surface area (Å²) in [6.45, 7) is 10.4. The Morgan fingerprint density at radius 3 is 2.21 bits per heavy atom. The summed E-state index contributed by atoms with van der Waals surface area (Å²) in [5.41, 5.74) is -0.139. The topological polar surface area (TPSA) is 107 Å². The van der Waals surface area contributed by atoms with Crippen LogP contribution in [-0.2, 0) is 20.7 Å². The van der Waals surface area contributed by atoms with Gasteiger partial charge in [-0.15, -0.1) is 0 Å². The summed E-state index contributed by atoms with van der Waals surface area (Å²) in [7, 11) is 0. The van der Waals surface area contributed by atoms with E-state index in [2.05, 4.69) is 5.32 Å². The Labute approximate surface area is 169 Å². The summed E-state index contributed by atoms with van der Waals surface area (Å²) in [6.07, 6.45) is 0.314. The van der Waals surface area contributed by atoms with E-state index in [1.54, 1.807) is 72.0 Å². The van der Waals surface area contributed by atoms with Crippen molar-refractivity contribution in [1.29, 1.82) is 0 Å². The van der Waals surface area contributed by atoms with Crippen molar-refractivity contribution in [1.82, 2.24) is 9.88 Å². The zero-order chi connectivity index (χ0) is 22.0. The summed E-state index contributed by atoms with van der Waals surface area (Å²) in [5, 5.41) is 12.7. The smallest absolute Gasteiger partial charge is 0.418 e. The molecule has 8 heteroatoms. The van der Waals surface area contributed by atoms with E-state index in [0.717, 1.165) is 5.39 Å². The lowest BCUT2D eigenvalue weighted by Gasteiger charge is -2.22. The van der Waals surface area contributed by atoms with Crippen molar-refractivity contribution < 1.29 is 29.0 Å². The number of fused-ring (bicyclic) bond motifs is 1. The fraction of sp³-hybridized carbons (Fsp3) is 0.476. The molecule has 2 aromatic rings. The number of hydrogen-bond donors (Lipinski definition) is 2. The number of nitrogens with one attached hydrogen (secondary N) is 1. The van der Waals surface area contributed by atoms with Gasteiger partial charge in [-0.1, -0.05) is 12.1 Å². The molecule has 2 rings (SSSR count). The second-order valence-corrected chi connectivity index (χ2v) is 8.80. The Kier molecular flexibility index (Phi) is 6.25. The average molecular weight is 404 g/mol.